The average molecular weight is 235 g/mol. The molecule has 0 aromatic carbocycles. The summed E-state index contributed by atoms with van der Waals surface area (Å²) in [5.41, 5.74) is 0. The predicted octanol–water partition coefficient (Wildman–Crippen LogP) is -1.81. The number of hydrogen-bond acceptors (Lipinski definition) is 4. The van der Waals surface area contributed by atoms with Crippen LogP contribution in [0.2, 0.25) is 0 Å². The minimum Gasteiger partial charge on any atom is -0.295 e. The summed E-state index contributed by atoms with van der Waals surface area (Å²) in [4.78, 5) is 22.0. The van der Waals surface area contributed by atoms with Gasteiger partial charge in [0.15, 0.2) is 0 Å². The summed E-state index contributed by atoms with van der Waals surface area (Å²) < 4.78 is 25.9. The molecular weight excluding hydrogens is 222 g/mol. The Labute approximate surface area is 88.0 Å². The monoisotopic (exact) mass is 235 g/mol. The highest BCUT2D eigenvalue weighted by Crippen LogP contribution is 2.06. The molecule has 8 heteroatoms. The van der Waals surface area contributed by atoms with Crippen LogP contribution >= 0.6 is 0 Å². The van der Waals surface area contributed by atoms with Crippen LogP contribution in [-0.4, -0.2) is 44.7 Å². The molecule has 15 heavy (non-hydrogen) atoms. The molecule has 1 heterocycles. The Bertz CT molecular complexity index is 376. The number of carbonyl (C=O) groups is 2. The van der Waals surface area contributed by atoms with Crippen LogP contribution < -0.4 is 10.0 Å². The SMILES string of the molecule is CN(C)S(=O)(=O)NC1CCC(=O)NC1=O. The molecule has 86 valence electrons. The molecule has 1 rings (SSSR count). The van der Waals surface area contributed by atoms with Gasteiger partial charge in [-0.05, 0) is 6.42 Å². The highest BCUT2D eigenvalue weighted by atomic mass is 32.2. The van der Waals surface area contributed by atoms with Crippen molar-refractivity contribution in [2.75, 3.05) is 14.1 Å². The van der Waals surface area contributed by atoms with Gasteiger partial charge in [0.1, 0.15) is 6.04 Å². The number of carbonyl (C=O) groups excluding carboxylic acids is 2. The lowest BCUT2D eigenvalue weighted by Gasteiger charge is -2.23. The number of nitrogens with one attached hydrogen (secondary N) is 2. The predicted molar refractivity (Wildman–Crippen MR) is 51.9 cm³/mol. The zero-order valence-corrected chi connectivity index (χ0v) is 9.30. The van der Waals surface area contributed by atoms with E-state index in [2.05, 4.69) is 10.0 Å². The van der Waals surface area contributed by atoms with Gasteiger partial charge in [0.25, 0.3) is 10.2 Å². The first-order chi connectivity index (χ1) is 6.83. The number of hydrogen-bond donors (Lipinski definition) is 2. The Morgan fingerprint density at radius 1 is 1.40 bits per heavy atom. The van der Waals surface area contributed by atoms with E-state index in [0.29, 0.717) is 0 Å². The summed E-state index contributed by atoms with van der Waals surface area (Å²) in [7, 11) is -0.926. The highest BCUT2D eigenvalue weighted by molar-refractivity contribution is 7.87. The van der Waals surface area contributed by atoms with E-state index in [9.17, 15) is 18.0 Å². The Hall–Kier alpha value is -0.990. The van der Waals surface area contributed by atoms with Gasteiger partial charge in [-0.3, -0.25) is 14.9 Å². The minimum atomic E-state index is -3.64. The van der Waals surface area contributed by atoms with E-state index in [0.717, 1.165) is 4.31 Å². The van der Waals surface area contributed by atoms with Crippen LogP contribution in [0.5, 0.6) is 0 Å². The Kier molecular flexibility index (Phi) is 3.42. The Balaban J connectivity index is 2.68. The number of piperidine rings is 1. The third-order valence-corrected chi connectivity index (χ3v) is 3.55. The third-order valence-electron chi connectivity index (χ3n) is 2.01. The standard InChI is InChI=1S/C7H13N3O4S/c1-10(2)15(13,14)9-5-3-4-6(11)8-7(5)12/h5,9H,3-4H2,1-2H3,(H,8,11,12). The second kappa shape index (κ2) is 4.25. The molecule has 1 aliphatic rings. The molecule has 2 N–H and O–H groups in total. The van der Waals surface area contributed by atoms with Crippen LogP contribution in [0.15, 0.2) is 0 Å². The summed E-state index contributed by atoms with van der Waals surface area (Å²) in [6.45, 7) is 0. The van der Waals surface area contributed by atoms with Crippen molar-refractivity contribution in [1.82, 2.24) is 14.3 Å². The third kappa shape index (κ3) is 2.98. The Morgan fingerprint density at radius 2 is 2.00 bits per heavy atom. The van der Waals surface area contributed by atoms with Crippen LogP contribution in [-0.2, 0) is 19.8 Å². The molecule has 0 spiro atoms. The lowest BCUT2D eigenvalue weighted by molar-refractivity contribution is -0.134. The van der Waals surface area contributed by atoms with Gasteiger partial charge in [0.2, 0.25) is 11.8 Å². The molecule has 0 aliphatic carbocycles. The van der Waals surface area contributed by atoms with Crippen molar-refractivity contribution in [2.45, 2.75) is 18.9 Å². The van der Waals surface area contributed by atoms with Crippen molar-refractivity contribution < 1.29 is 18.0 Å². The van der Waals surface area contributed by atoms with Crippen LogP contribution in [0, 0.1) is 0 Å². The van der Waals surface area contributed by atoms with Crippen LogP contribution in [0.1, 0.15) is 12.8 Å². The minimum absolute atomic E-state index is 0.145. The molecule has 0 bridgehead atoms. The smallest absolute Gasteiger partial charge is 0.279 e. The van der Waals surface area contributed by atoms with E-state index in [4.69, 9.17) is 0 Å². The van der Waals surface area contributed by atoms with E-state index in [1.807, 2.05) is 0 Å². The van der Waals surface area contributed by atoms with Crippen molar-refractivity contribution in [3.8, 4) is 0 Å². The van der Waals surface area contributed by atoms with E-state index in [-0.39, 0.29) is 18.7 Å². The molecule has 0 aromatic rings. The molecule has 2 amide bonds. The van der Waals surface area contributed by atoms with Gasteiger partial charge < -0.3 is 0 Å². The Morgan fingerprint density at radius 3 is 2.47 bits per heavy atom. The van der Waals surface area contributed by atoms with Crippen LogP contribution in [0.25, 0.3) is 0 Å². The largest absolute Gasteiger partial charge is 0.295 e. The summed E-state index contributed by atoms with van der Waals surface area (Å²) in [6, 6.07) is -0.866. The average Bonchev–Trinajstić information content (AvgIpc) is 2.09. The van der Waals surface area contributed by atoms with Gasteiger partial charge in [0.05, 0.1) is 0 Å². The fourth-order valence-electron chi connectivity index (χ4n) is 1.09. The van der Waals surface area contributed by atoms with Crippen LogP contribution in [0.3, 0.4) is 0 Å². The highest BCUT2D eigenvalue weighted by Gasteiger charge is 2.30. The number of nitrogens with zero attached hydrogens (tertiary/aromatic N) is 1. The van der Waals surface area contributed by atoms with Gasteiger partial charge in [-0.15, -0.1) is 0 Å². The van der Waals surface area contributed by atoms with Gasteiger partial charge in [-0.25, -0.2) is 0 Å². The van der Waals surface area contributed by atoms with E-state index in [1.165, 1.54) is 14.1 Å². The molecule has 7 nitrogen and oxygen atoms in total. The first-order valence-corrected chi connectivity index (χ1v) is 5.80. The molecule has 0 radical (unpaired) electrons. The van der Waals surface area contributed by atoms with Gasteiger partial charge >= 0.3 is 0 Å². The second-order valence-corrected chi connectivity index (χ2v) is 5.33. The molecule has 1 aliphatic heterocycles. The lowest BCUT2D eigenvalue weighted by Crippen LogP contribution is -2.54. The van der Waals surface area contributed by atoms with Crippen molar-refractivity contribution in [3.05, 3.63) is 0 Å². The van der Waals surface area contributed by atoms with E-state index < -0.39 is 22.2 Å². The number of rotatable bonds is 3. The quantitative estimate of drug-likeness (QED) is 0.563. The summed E-state index contributed by atoms with van der Waals surface area (Å²) in [5.74, 6) is -0.975. The zero-order valence-electron chi connectivity index (χ0n) is 8.48. The van der Waals surface area contributed by atoms with Gasteiger partial charge in [0, 0.05) is 20.5 Å². The molecule has 0 aromatic heterocycles. The molecule has 1 saturated heterocycles. The number of amides is 2. The lowest BCUT2D eigenvalue weighted by atomic mass is 10.1. The molecule has 0 saturated carbocycles. The van der Waals surface area contributed by atoms with Crippen molar-refractivity contribution >= 4 is 22.0 Å². The molecule has 1 fully saturated rings. The van der Waals surface area contributed by atoms with Crippen molar-refractivity contribution in [3.63, 3.8) is 0 Å². The van der Waals surface area contributed by atoms with Crippen molar-refractivity contribution in [2.24, 2.45) is 0 Å². The van der Waals surface area contributed by atoms with Crippen molar-refractivity contribution in [1.29, 1.82) is 0 Å². The number of imide groups is 1. The normalized spacial score (nSPS) is 23.0. The maximum atomic E-state index is 11.4. The fourth-order valence-corrected chi connectivity index (χ4v) is 1.89. The van der Waals surface area contributed by atoms with E-state index >= 15 is 0 Å². The first kappa shape index (κ1) is 12.1. The fraction of sp³-hybridized carbons (Fsp3) is 0.714. The first-order valence-electron chi connectivity index (χ1n) is 4.36. The molecule has 1 atom stereocenters. The topological polar surface area (TPSA) is 95.6 Å². The summed E-state index contributed by atoms with van der Waals surface area (Å²) in [5, 5.41) is 2.07. The van der Waals surface area contributed by atoms with Gasteiger partial charge in [-0.1, -0.05) is 0 Å². The zero-order chi connectivity index (χ0) is 11.6. The second-order valence-electron chi connectivity index (χ2n) is 3.41. The van der Waals surface area contributed by atoms with Crippen LogP contribution in [0.4, 0.5) is 0 Å². The summed E-state index contributed by atoms with van der Waals surface area (Å²) in [6.07, 6.45) is 0.337. The maximum absolute atomic E-state index is 11.4. The maximum Gasteiger partial charge on any atom is 0.279 e. The summed E-state index contributed by atoms with van der Waals surface area (Å²) >= 11 is 0. The molecule has 1 unspecified atom stereocenters. The molecular formula is C7H13N3O4S. The van der Waals surface area contributed by atoms with Gasteiger partial charge in [-0.2, -0.15) is 17.4 Å². The van der Waals surface area contributed by atoms with E-state index in [1.54, 1.807) is 0 Å².